The monoisotopic (exact) mass is 405 g/mol. The maximum Gasteiger partial charge on any atom is 0.291 e. The number of aromatic nitrogens is 3. The lowest BCUT2D eigenvalue weighted by molar-refractivity contribution is 0.0443. The molecule has 30 heavy (non-hydrogen) atoms. The van der Waals surface area contributed by atoms with Crippen molar-refractivity contribution in [1.82, 2.24) is 19.9 Å². The summed E-state index contributed by atoms with van der Waals surface area (Å²) in [5.74, 6) is -0.189. The van der Waals surface area contributed by atoms with Gasteiger partial charge in [-0.15, -0.1) is 5.10 Å². The van der Waals surface area contributed by atoms with Crippen molar-refractivity contribution in [2.24, 2.45) is 0 Å². The molecule has 2 aromatic heterocycles. The van der Waals surface area contributed by atoms with E-state index in [1.165, 1.54) is 5.56 Å². The number of aliphatic hydroxyl groups excluding tert-OH is 1. The molecule has 3 atom stereocenters. The maximum absolute atomic E-state index is 12.5. The van der Waals surface area contributed by atoms with E-state index in [9.17, 15) is 9.90 Å². The van der Waals surface area contributed by atoms with Gasteiger partial charge in [-0.25, -0.2) is 9.50 Å². The summed E-state index contributed by atoms with van der Waals surface area (Å²) >= 11 is 0. The molecule has 5 rings (SSSR count). The normalized spacial score (nSPS) is 26.0. The molecule has 1 saturated heterocycles. The first-order valence-electron chi connectivity index (χ1n) is 10.6. The number of benzene rings is 1. The van der Waals surface area contributed by atoms with Crippen LogP contribution in [0.5, 0.6) is 0 Å². The van der Waals surface area contributed by atoms with Crippen molar-refractivity contribution in [3.8, 4) is 0 Å². The molecule has 2 N–H and O–H groups in total. The van der Waals surface area contributed by atoms with Gasteiger partial charge in [0.1, 0.15) is 0 Å². The smallest absolute Gasteiger partial charge is 0.291 e. The molecule has 7 nitrogen and oxygen atoms in total. The van der Waals surface area contributed by atoms with Crippen LogP contribution < -0.4 is 10.2 Å². The minimum Gasteiger partial charge on any atom is -0.391 e. The summed E-state index contributed by atoms with van der Waals surface area (Å²) in [7, 11) is 0. The van der Waals surface area contributed by atoms with E-state index in [1.807, 2.05) is 13.1 Å². The molecule has 0 bridgehead atoms. The molecule has 0 unspecified atom stereocenters. The van der Waals surface area contributed by atoms with Crippen molar-refractivity contribution >= 4 is 17.2 Å². The van der Waals surface area contributed by atoms with Crippen molar-refractivity contribution in [2.75, 3.05) is 18.0 Å². The predicted molar refractivity (Wildman–Crippen MR) is 115 cm³/mol. The Morgan fingerprint density at radius 2 is 2.07 bits per heavy atom. The Hall–Kier alpha value is -2.93. The number of pyridine rings is 1. The lowest BCUT2D eigenvalue weighted by Gasteiger charge is -2.32. The highest BCUT2D eigenvalue weighted by atomic mass is 16.3. The molecule has 1 saturated carbocycles. The Labute approximate surface area is 175 Å². The van der Waals surface area contributed by atoms with E-state index in [-0.39, 0.29) is 23.2 Å². The minimum atomic E-state index is -0.464. The zero-order chi connectivity index (χ0) is 20.9. The maximum atomic E-state index is 12.5. The van der Waals surface area contributed by atoms with Gasteiger partial charge in [-0.3, -0.25) is 4.79 Å². The number of aryl methyl sites for hydroxylation is 1. The third-order valence-electron chi connectivity index (χ3n) is 6.67. The molecular formula is C23H27N5O2. The van der Waals surface area contributed by atoms with Crippen LogP contribution in [0.4, 0.5) is 5.69 Å². The predicted octanol–water partition coefficient (Wildman–Crippen LogP) is 2.46. The number of nitrogens with zero attached hydrogens (tertiary/aromatic N) is 4. The molecule has 3 aromatic rings. The van der Waals surface area contributed by atoms with Crippen LogP contribution in [-0.2, 0) is 5.41 Å². The van der Waals surface area contributed by atoms with E-state index in [2.05, 4.69) is 63.6 Å². The SMILES string of the molecule is Cc1cc(N2CC[C@](C)(c3ccccc3)C2)cn2nc(C(=O)N[C@@H]3CC[C@H]3O)nc12. The number of carbonyl (C=O) groups excluding carboxylic acids is 1. The van der Waals surface area contributed by atoms with Gasteiger partial charge in [0.05, 0.1) is 24.0 Å². The number of hydrogen-bond donors (Lipinski definition) is 2. The summed E-state index contributed by atoms with van der Waals surface area (Å²) in [5, 5.41) is 16.9. The average molecular weight is 406 g/mol. The molecule has 2 aliphatic rings. The van der Waals surface area contributed by atoms with Crippen LogP contribution in [0, 0.1) is 6.92 Å². The van der Waals surface area contributed by atoms with Gasteiger partial charge in [-0.2, -0.15) is 0 Å². The molecular weight excluding hydrogens is 378 g/mol. The van der Waals surface area contributed by atoms with Crippen LogP contribution in [0.2, 0.25) is 0 Å². The Balaban J connectivity index is 1.39. The van der Waals surface area contributed by atoms with Gasteiger partial charge in [-0.1, -0.05) is 37.3 Å². The second kappa shape index (κ2) is 7.09. The molecule has 3 heterocycles. The van der Waals surface area contributed by atoms with E-state index in [0.717, 1.165) is 43.6 Å². The molecule has 0 radical (unpaired) electrons. The van der Waals surface area contributed by atoms with Crippen molar-refractivity contribution in [1.29, 1.82) is 0 Å². The van der Waals surface area contributed by atoms with Crippen LogP contribution in [0.1, 0.15) is 47.9 Å². The molecule has 1 aromatic carbocycles. The largest absolute Gasteiger partial charge is 0.391 e. The third kappa shape index (κ3) is 3.23. The lowest BCUT2D eigenvalue weighted by Crippen LogP contribution is -2.50. The highest BCUT2D eigenvalue weighted by Gasteiger charge is 2.36. The molecule has 156 valence electrons. The first kappa shape index (κ1) is 19.1. The molecule has 7 heteroatoms. The number of nitrogens with one attached hydrogen (secondary N) is 1. The molecule has 0 spiro atoms. The number of anilines is 1. The lowest BCUT2D eigenvalue weighted by atomic mass is 9.82. The number of carbonyl (C=O) groups is 1. The standard InChI is InChI=1S/C23H27N5O2/c1-15-12-17(27-11-10-23(2,14-27)16-6-4-3-5-7-16)13-28-21(15)25-20(26-28)22(30)24-18-8-9-19(18)29/h3-7,12-13,18-19,29H,8-11,14H2,1-2H3,(H,24,30)/t18-,19-,23+/m1/s1. The van der Waals surface area contributed by atoms with E-state index < -0.39 is 6.10 Å². The fourth-order valence-electron chi connectivity index (χ4n) is 4.54. The summed E-state index contributed by atoms with van der Waals surface area (Å²) < 4.78 is 1.70. The van der Waals surface area contributed by atoms with E-state index >= 15 is 0 Å². The number of rotatable bonds is 4. The van der Waals surface area contributed by atoms with Crippen LogP contribution in [0.15, 0.2) is 42.6 Å². The number of fused-ring (bicyclic) bond motifs is 1. The fraction of sp³-hybridized carbons (Fsp3) is 0.435. The average Bonchev–Trinajstić information content (AvgIpc) is 3.36. The van der Waals surface area contributed by atoms with Crippen molar-refractivity contribution < 1.29 is 9.90 Å². The summed E-state index contributed by atoms with van der Waals surface area (Å²) in [5.41, 5.74) is 4.23. The minimum absolute atomic E-state index is 0.112. The molecule has 1 aliphatic carbocycles. The number of hydrogen-bond acceptors (Lipinski definition) is 5. The van der Waals surface area contributed by atoms with E-state index in [0.29, 0.717) is 5.65 Å². The van der Waals surface area contributed by atoms with Crippen LogP contribution >= 0.6 is 0 Å². The van der Waals surface area contributed by atoms with Gasteiger partial charge >= 0.3 is 0 Å². The first-order valence-corrected chi connectivity index (χ1v) is 10.6. The topological polar surface area (TPSA) is 82.8 Å². The van der Waals surface area contributed by atoms with Gasteiger partial charge in [0, 0.05) is 18.5 Å². The number of amides is 1. The third-order valence-corrected chi connectivity index (χ3v) is 6.67. The van der Waals surface area contributed by atoms with Crippen molar-refractivity contribution in [2.45, 2.75) is 50.7 Å². The quantitative estimate of drug-likeness (QED) is 0.697. The highest BCUT2D eigenvalue weighted by molar-refractivity contribution is 5.91. The van der Waals surface area contributed by atoms with Crippen LogP contribution in [0.3, 0.4) is 0 Å². The molecule has 2 fully saturated rings. The fourth-order valence-corrected chi connectivity index (χ4v) is 4.54. The van der Waals surface area contributed by atoms with E-state index in [1.54, 1.807) is 4.52 Å². The Morgan fingerprint density at radius 3 is 2.77 bits per heavy atom. The molecule has 1 aliphatic heterocycles. The van der Waals surface area contributed by atoms with Crippen LogP contribution in [0.25, 0.3) is 5.65 Å². The second-order valence-electron chi connectivity index (χ2n) is 8.91. The zero-order valence-electron chi connectivity index (χ0n) is 17.4. The van der Waals surface area contributed by atoms with Crippen LogP contribution in [-0.4, -0.2) is 50.8 Å². The zero-order valence-corrected chi connectivity index (χ0v) is 17.4. The van der Waals surface area contributed by atoms with Gasteiger partial charge < -0.3 is 15.3 Å². The van der Waals surface area contributed by atoms with Gasteiger partial charge in [0.2, 0.25) is 5.82 Å². The Morgan fingerprint density at radius 1 is 1.27 bits per heavy atom. The summed E-state index contributed by atoms with van der Waals surface area (Å²) in [4.78, 5) is 19.3. The summed E-state index contributed by atoms with van der Waals surface area (Å²) in [6, 6.07) is 12.6. The summed E-state index contributed by atoms with van der Waals surface area (Å²) in [6.07, 6.45) is 4.10. The van der Waals surface area contributed by atoms with Gasteiger partial charge in [0.25, 0.3) is 5.91 Å². The first-order chi connectivity index (χ1) is 14.4. The number of aliphatic hydroxyl groups is 1. The Bertz CT molecular complexity index is 1100. The van der Waals surface area contributed by atoms with Gasteiger partial charge in [-0.05, 0) is 43.4 Å². The second-order valence-corrected chi connectivity index (χ2v) is 8.91. The van der Waals surface area contributed by atoms with Crippen molar-refractivity contribution in [3.63, 3.8) is 0 Å². The van der Waals surface area contributed by atoms with Crippen molar-refractivity contribution in [3.05, 3.63) is 59.5 Å². The molecule has 1 amide bonds. The van der Waals surface area contributed by atoms with E-state index in [4.69, 9.17) is 0 Å². The highest BCUT2D eigenvalue weighted by Crippen LogP contribution is 2.36. The summed E-state index contributed by atoms with van der Waals surface area (Å²) in [6.45, 7) is 6.22. The Kier molecular flexibility index (Phi) is 4.50. The van der Waals surface area contributed by atoms with Gasteiger partial charge in [0.15, 0.2) is 5.65 Å².